The number of rotatable bonds is 4. The molecule has 1 N–H and O–H groups in total. The fourth-order valence-corrected chi connectivity index (χ4v) is 2.39. The van der Waals surface area contributed by atoms with E-state index in [0.717, 1.165) is 0 Å². The zero-order chi connectivity index (χ0) is 16.2. The van der Waals surface area contributed by atoms with Crippen LogP contribution in [0, 0.1) is 11.3 Å². The van der Waals surface area contributed by atoms with Gasteiger partial charge in [0.1, 0.15) is 11.9 Å². The standard InChI is InChI=1S/C15H17F3N2O2/c16-15(17,18)14(21)10-20-6-4-12(5-7-20)22-13-3-1-2-11(8-13)9-19/h1-3,8,12,14,21H,4-7,10H2/t14-/m1/s1. The molecule has 120 valence electrons. The maximum absolute atomic E-state index is 12.3. The van der Waals surface area contributed by atoms with E-state index in [2.05, 4.69) is 0 Å². The molecule has 0 saturated carbocycles. The maximum atomic E-state index is 12.3. The average molecular weight is 314 g/mol. The van der Waals surface area contributed by atoms with E-state index in [4.69, 9.17) is 15.1 Å². The van der Waals surface area contributed by atoms with Gasteiger partial charge in [-0.2, -0.15) is 18.4 Å². The molecule has 0 bridgehead atoms. The van der Waals surface area contributed by atoms with Crippen molar-refractivity contribution in [2.45, 2.75) is 31.2 Å². The summed E-state index contributed by atoms with van der Waals surface area (Å²) >= 11 is 0. The van der Waals surface area contributed by atoms with E-state index in [1.54, 1.807) is 29.2 Å². The monoisotopic (exact) mass is 314 g/mol. The van der Waals surface area contributed by atoms with Gasteiger partial charge in [-0.3, -0.25) is 0 Å². The Morgan fingerprint density at radius 2 is 2.05 bits per heavy atom. The van der Waals surface area contributed by atoms with Gasteiger partial charge in [-0.1, -0.05) is 6.07 Å². The summed E-state index contributed by atoms with van der Waals surface area (Å²) in [7, 11) is 0. The van der Waals surface area contributed by atoms with E-state index < -0.39 is 18.8 Å². The Morgan fingerprint density at radius 1 is 1.36 bits per heavy atom. The molecule has 0 aromatic heterocycles. The van der Waals surface area contributed by atoms with Crippen molar-refractivity contribution >= 4 is 0 Å². The summed E-state index contributed by atoms with van der Waals surface area (Å²) < 4.78 is 42.7. The summed E-state index contributed by atoms with van der Waals surface area (Å²) in [4.78, 5) is 1.59. The first-order chi connectivity index (χ1) is 10.4. The van der Waals surface area contributed by atoms with E-state index in [0.29, 0.717) is 37.2 Å². The Kier molecular flexibility index (Phi) is 5.27. The van der Waals surface area contributed by atoms with Gasteiger partial charge in [-0.05, 0) is 31.0 Å². The lowest BCUT2D eigenvalue weighted by Crippen LogP contribution is -2.45. The van der Waals surface area contributed by atoms with Crippen LogP contribution >= 0.6 is 0 Å². The molecule has 1 aromatic carbocycles. The number of piperidine rings is 1. The van der Waals surface area contributed by atoms with Crippen LogP contribution in [0.5, 0.6) is 5.75 Å². The quantitative estimate of drug-likeness (QED) is 0.927. The number of alkyl halides is 3. The zero-order valence-electron chi connectivity index (χ0n) is 11.9. The molecule has 1 atom stereocenters. The SMILES string of the molecule is N#Cc1cccc(OC2CCN(C[C@@H](O)C(F)(F)F)CC2)c1. The maximum Gasteiger partial charge on any atom is 0.415 e. The first-order valence-corrected chi connectivity index (χ1v) is 7.02. The van der Waals surface area contributed by atoms with E-state index >= 15 is 0 Å². The molecular weight excluding hydrogens is 297 g/mol. The number of benzene rings is 1. The Hall–Kier alpha value is -1.78. The van der Waals surface area contributed by atoms with Crippen LogP contribution in [0.15, 0.2) is 24.3 Å². The molecule has 0 amide bonds. The lowest BCUT2D eigenvalue weighted by atomic mass is 10.1. The Labute approximate surface area is 126 Å². The third kappa shape index (κ3) is 4.61. The second-order valence-corrected chi connectivity index (χ2v) is 5.31. The Balaban J connectivity index is 1.81. The first kappa shape index (κ1) is 16.6. The lowest BCUT2D eigenvalue weighted by molar-refractivity contribution is -0.208. The topological polar surface area (TPSA) is 56.5 Å². The molecule has 0 unspecified atom stereocenters. The van der Waals surface area contributed by atoms with Crippen molar-refractivity contribution in [1.29, 1.82) is 5.26 Å². The van der Waals surface area contributed by atoms with Gasteiger partial charge < -0.3 is 14.7 Å². The van der Waals surface area contributed by atoms with Crippen LogP contribution in [0.1, 0.15) is 18.4 Å². The number of hydrogen-bond donors (Lipinski definition) is 1. The van der Waals surface area contributed by atoms with Gasteiger partial charge in [-0.15, -0.1) is 0 Å². The predicted molar refractivity (Wildman–Crippen MR) is 73.3 cm³/mol. The van der Waals surface area contributed by atoms with Crippen LogP contribution in [-0.2, 0) is 0 Å². The van der Waals surface area contributed by atoms with E-state index in [9.17, 15) is 13.2 Å². The number of ether oxygens (including phenoxy) is 1. The van der Waals surface area contributed by atoms with Crippen LogP contribution in [0.3, 0.4) is 0 Å². The van der Waals surface area contributed by atoms with Crippen LogP contribution < -0.4 is 4.74 Å². The molecule has 1 aliphatic heterocycles. The number of hydrogen-bond acceptors (Lipinski definition) is 4. The molecule has 1 fully saturated rings. The molecule has 1 aromatic rings. The highest BCUT2D eigenvalue weighted by molar-refractivity contribution is 5.36. The largest absolute Gasteiger partial charge is 0.490 e. The summed E-state index contributed by atoms with van der Waals surface area (Å²) in [6.07, 6.45) is -5.81. The fourth-order valence-electron chi connectivity index (χ4n) is 2.39. The second-order valence-electron chi connectivity index (χ2n) is 5.31. The number of aliphatic hydroxyl groups excluding tert-OH is 1. The van der Waals surface area contributed by atoms with Crippen molar-refractivity contribution in [3.63, 3.8) is 0 Å². The molecular formula is C15H17F3N2O2. The van der Waals surface area contributed by atoms with Crippen LogP contribution in [0.2, 0.25) is 0 Å². The van der Waals surface area contributed by atoms with Gasteiger partial charge in [0.15, 0.2) is 6.10 Å². The van der Waals surface area contributed by atoms with Gasteiger partial charge in [0.2, 0.25) is 0 Å². The number of nitrogens with zero attached hydrogens (tertiary/aromatic N) is 2. The molecule has 0 aliphatic carbocycles. The predicted octanol–water partition coefficient (Wildman–Crippen LogP) is 2.32. The van der Waals surface area contributed by atoms with Crippen molar-refractivity contribution < 1.29 is 23.0 Å². The van der Waals surface area contributed by atoms with Crippen molar-refractivity contribution in [3.05, 3.63) is 29.8 Å². The summed E-state index contributed by atoms with van der Waals surface area (Å²) in [5, 5.41) is 17.9. The third-order valence-corrected chi connectivity index (χ3v) is 3.61. The average Bonchev–Trinajstić information content (AvgIpc) is 2.48. The van der Waals surface area contributed by atoms with E-state index in [-0.39, 0.29) is 6.10 Å². The van der Waals surface area contributed by atoms with Crippen molar-refractivity contribution in [2.75, 3.05) is 19.6 Å². The van der Waals surface area contributed by atoms with Gasteiger partial charge >= 0.3 is 6.18 Å². The van der Waals surface area contributed by atoms with Gasteiger partial charge in [0.05, 0.1) is 11.6 Å². The van der Waals surface area contributed by atoms with Crippen LogP contribution in [0.4, 0.5) is 13.2 Å². The number of nitriles is 1. The highest BCUT2D eigenvalue weighted by Crippen LogP contribution is 2.23. The van der Waals surface area contributed by atoms with E-state index in [1.807, 2.05) is 6.07 Å². The van der Waals surface area contributed by atoms with E-state index in [1.165, 1.54) is 0 Å². The van der Waals surface area contributed by atoms with Crippen molar-refractivity contribution in [2.24, 2.45) is 0 Å². The molecule has 22 heavy (non-hydrogen) atoms. The smallest absolute Gasteiger partial charge is 0.415 e. The number of aliphatic hydroxyl groups is 1. The minimum absolute atomic E-state index is 0.0896. The molecule has 7 heteroatoms. The first-order valence-electron chi connectivity index (χ1n) is 7.02. The summed E-state index contributed by atoms with van der Waals surface area (Å²) in [6, 6.07) is 8.81. The molecule has 1 aliphatic rings. The fraction of sp³-hybridized carbons (Fsp3) is 0.533. The number of likely N-dealkylation sites (tertiary alicyclic amines) is 1. The summed E-state index contributed by atoms with van der Waals surface area (Å²) in [6.45, 7) is 0.478. The molecule has 4 nitrogen and oxygen atoms in total. The van der Waals surface area contributed by atoms with Crippen molar-refractivity contribution in [1.82, 2.24) is 4.90 Å². The lowest BCUT2D eigenvalue weighted by Gasteiger charge is -2.33. The zero-order valence-corrected chi connectivity index (χ0v) is 11.9. The Morgan fingerprint density at radius 3 is 2.64 bits per heavy atom. The number of halogens is 3. The molecule has 2 rings (SSSR count). The summed E-state index contributed by atoms with van der Waals surface area (Å²) in [5.74, 6) is 0.591. The number of β-amino-alcohol motifs (C(OH)–C–C–N with tert-alkyl or cyclic N) is 1. The second kappa shape index (κ2) is 6.99. The minimum atomic E-state index is -4.58. The molecule has 1 saturated heterocycles. The normalized spacial score (nSPS) is 18.7. The molecule has 0 spiro atoms. The van der Waals surface area contributed by atoms with Gasteiger partial charge in [-0.25, -0.2) is 0 Å². The van der Waals surface area contributed by atoms with Crippen LogP contribution in [-0.4, -0.2) is 48.0 Å². The highest BCUT2D eigenvalue weighted by Gasteiger charge is 2.39. The van der Waals surface area contributed by atoms with Crippen LogP contribution in [0.25, 0.3) is 0 Å². The highest BCUT2D eigenvalue weighted by atomic mass is 19.4. The third-order valence-electron chi connectivity index (χ3n) is 3.61. The van der Waals surface area contributed by atoms with Gasteiger partial charge in [0, 0.05) is 19.6 Å². The van der Waals surface area contributed by atoms with Gasteiger partial charge in [0.25, 0.3) is 0 Å². The summed E-state index contributed by atoms with van der Waals surface area (Å²) in [5.41, 5.74) is 0.503. The Bertz CT molecular complexity index is 534. The molecule has 0 radical (unpaired) electrons. The molecule has 1 heterocycles. The van der Waals surface area contributed by atoms with Crippen molar-refractivity contribution in [3.8, 4) is 11.8 Å². The minimum Gasteiger partial charge on any atom is -0.490 e.